The number of benzene rings is 1. The highest BCUT2D eigenvalue weighted by molar-refractivity contribution is 6.36. The highest BCUT2D eigenvalue weighted by Crippen LogP contribution is 2.37. The van der Waals surface area contributed by atoms with Gasteiger partial charge in [-0.1, -0.05) is 42.5 Å². The number of nitrogens with zero attached hydrogens (tertiary/aromatic N) is 2. The van der Waals surface area contributed by atoms with E-state index in [9.17, 15) is 20.2 Å². The van der Waals surface area contributed by atoms with Crippen molar-refractivity contribution in [1.82, 2.24) is 5.32 Å². The van der Waals surface area contributed by atoms with E-state index in [1.165, 1.54) is 12.1 Å². The first-order valence-corrected chi connectivity index (χ1v) is 9.81. The minimum absolute atomic E-state index is 0.0655. The van der Waals surface area contributed by atoms with Crippen LogP contribution in [0, 0.1) is 21.4 Å². The van der Waals surface area contributed by atoms with Crippen LogP contribution in [0.3, 0.4) is 0 Å². The fourth-order valence-corrected chi connectivity index (χ4v) is 3.72. The molecule has 1 aromatic carbocycles. The van der Waals surface area contributed by atoms with E-state index in [-0.39, 0.29) is 33.1 Å². The van der Waals surface area contributed by atoms with Crippen molar-refractivity contribution in [3.8, 4) is 17.4 Å². The van der Waals surface area contributed by atoms with Gasteiger partial charge in [0.2, 0.25) is 0 Å². The molecule has 7 nitrogen and oxygen atoms in total. The Kier molecular flexibility index (Phi) is 6.57. The summed E-state index contributed by atoms with van der Waals surface area (Å²) in [6.07, 6.45) is 6.47. The fourth-order valence-electron chi connectivity index (χ4n) is 3.24. The van der Waals surface area contributed by atoms with Gasteiger partial charge in [-0.2, -0.15) is 5.26 Å². The van der Waals surface area contributed by atoms with Crippen molar-refractivity contribution in [3.05, 3.63) is 55.8 Å². The summed E-state index contributed by atoms with van der Waals surface area (Å²) >= 11 is 12.1. The Morgan fingerprint density at radius 1 is 1.24 bits per heavy atom. The molecule has 2 aromatic rings. The molecule has 3 rings (SSSR count). The molecule has 0 unspecified atom stereocenters. The van der Waals surface area contributed by atoms with Crippen LogP contribution in [0.2, 0.25) is 10.0 Å². The highest BCUT2D eigenvalue weighted by atomic mass is 35.5. The number of carbonyl (C=O) groups excluding carboxylic acids is 1. The van der Waals surface area contributed by atoms with Gasteiger partial charge in [0.1, 0.15) is 28.2 Å². The van der Waals surface area contributed by atoms with E-state index in [2.05, 4.69) is 5.32 Å². The minimum atomic E-state index is -0.627. The lowest BCUT2D eigenvalue weighted by atomic mass is 9.95. The van der Waals surface area contributed by atoms with Gasteiger partial charge < -0.3 is 9.73 Å². The highest BCUT2D eigenvalue weighted by Gasteiger charge is 2.20. The summed E-state index contributed by atoms with van der Waals surface area (Å²) in [6.45, 7) is 0. The van der Waals surface area contributed by atoms with Crippen LogP contribution in [0.15, 0.2) is 34.3 Å². The van der Waals surface area contributed by atoms with Gasteiger partial charge in [-0.15, -0.1) is 0 Å². The average molecular weight is 434 g/mol. The Morgan fingerprint density at radius 3 is 2.62 bits per heavy atom. The second-order valence-electron chi connectivity index (χ2n) is 6.72. The van der Waals surface area contributed by atoms with Gasteiger partial charge >= 0.3 is 0 Å². The topological polar surface area (TPSA) is 109 Å². The van der Waals surface area contributed by atoms with Crippen LogP contribution in [0.1, 0.15) is 37.9 Å². The molecule has 9 heteroatoms. The van der Waals surface area contributed by atoms with E-state index < -0.39 is 10.8 Å². The van der Waals surface area contributed by atoms with Crippen molar-refractivity contribution in [2.45, 2.75) is 38.1 Å². The van der Waals surface area contributed by atoms with Gasteiger partial charge in [-0.05, 0) is 31.0 Å². The summed E-state index contributed by atoms with van der Waals surface area (Å²) in [5.41, 5.74) is -0.00498. The third-order valence-corrected chi connectivity index (χ3v) is 5.33. The molecule has 1 saturated carbocycles. The molecule has 0 radical (unpaired) electrons. The Hall–Kier alpha value is -2.82. The van der Waals surface area contributed by atoms with Gasteiger partial charge in [-0.3, -0.25) is 14.9 Å². The lowest BCUT2D eigenvalue weighted by Gasteiger charge is -2.22. The molecule has 1 fully saturated rings. The lowest BCUT2D eigenvalue weighted by Crippen LogP contribution is -2.36. The first kappa shape index (κ1) is 20.9. The van der Waals surface area contributed by atoms with E-state index >= 15 is 0 Å². The van der Waals surface area contributed by atoms with E-state index in [4.69, 9.17) is 27.6 Å². The molecular weight excluding hydrogens is 417 g/mol. The van der Waals surface area contributed by atoms with Crippen LogP contribution >= 0.6 is 23.2 Å². The van der Waals surface area contributed by atoms with Crippen molar-refractivity contribution in [2.75, 3.05) is 0 Å². The summed E-state index contributed by atoms with van der Waals surface area (Å²) in [7, 11) is 0. The lowest BCUT2D eigenvalue weighted by molar-refractivity contribution is -0.384. The summed E-state index contributed by atoms with van der Waals surface area (Å²) < 4.78 is 5.66. The summed E-state index contributed by atoms with van der Waals surface area (Å²) in [5, 5.41) is 23.2. The average Bonchev–Trinajstić information content (AvgIpc) is 3.16. The van der Waals surface area contributed by atoms with Crippen LogP contribution < -0.4 is 5.32 Å². The minimum Gasteiger partial charge on any atom is -0.457 e. The summed E-state index contributed by atoms with van der Waals surface area (Å²) in [4.78, 5) is 22.7. The van der Waals surface area contributed by atoms with E-state index in [1.54, 1.807) is 12.1 Å². The van der Waals surface area contributed by atoms with Crippen LogP contribution in [-0.4, -0.2) is 16.9 Å². The number of nitrogens with one attached hydrogen (secondary N) is 1. The molecule has 1 heterocycles. The van der Waals surface area contributed by atoms with Gasteiger partial charge in [0.05, 0.1) is 9.95 Å². The van der Waals surface area contributed by atoms with Gasteiger partial charge in [0, 0.05) is 23.7 Å². The van der Waals surface area contributed by atoms with Crippen molar-refractivity contribution in [2.24, 2.45) is 0 Å². The van der Waals surface area contributed by atoms with Gasteiger partial charge in [0.15, 0.2) is 0 Å². The van der Waals surface area contributed by atoms with Crippen molar-refractivity contribution in [1.29, 1.82) is 5.26 Å². The Labute approximate surface area is 177 Å². The first-order valence-electron chi connectivity index (χ1n) is 9.05. The van der Waals surface area contributed by atoms with Crippen LogP contribution in [0.25, 0.3) is 17.4 Å². The quantitative estimate of drug-likeness (QED) is 0.289. The largest absolute Gasteiger partial charge is 0.457 e. The zero-order valence-corrected chi connectivity index (χ0v) is 16.8. The number of rotatable bonds is 5. The van der Waals surface area contributed by atoms with Crippen molar-refractivity contribution < 1.29 is 14.1 Å². The molecule has 1 aliphatic carbocycles. The predicted octanol–water partition coefficient (Wildman–Crippen LogP) is 5.52. The molecule has 150 valence electrons. The van der Waals surface area contributed by atoms with E-state index in [1.807, 2.05) is 6.07 Å². The normalized spacial score (nSPS) is 15.0. The molecule has 0 bridgehead atoms. The maximum Gasteiger partial charge on any atom is 0.289 e. The second-order valence-corrected chi connectivity index (χ2v) is 7.54. The zero-order chi connectivity index (χ0) is 21.0. The number of hydrogen-bond acceptors (Lipinski definition) is 5. The predicted molar refractivity (Wildman–Crippen MR) is 109 cm³/mol. The molecule has 1 aromatic heterocycles. The maximum atomic E-state index is 12.4. The fraction of sp³-hybridized carbons (Fsp3) is 0.300. The molecule has 1 N–H and O–H groups in total. The number of hydrogen-bond donors (Lipinski definition) is 1. The zero-order valence-electron chi connectivity index (χ0n) is 15.3. The third kappa shape index (κ3) is 4.97. The van der Waals surface area contributed by atoms with E-state index in [0.29, 0.717) is 11.3 Å². The number of halogens is 2. The Bertz CT molecular complexity index is 1020. The molecular formula is C20H17Cl2N3O4. The Morgan fingerprint density at radius 2 is 1.97 bits per heavy atom. The monoisotopic (exact) mass is 433 g/mol. The SMILES string of the molecule is N#C/C(=C/c1ccc(-c2cc(Cl)c([N+](=O)[O-])cc2Cl)o1)C(=O)NC1CCCCC1. The second kappa shape index (κ2) is 9.12. The molecule has 0 saturated heterocycles. The molecule has 1 aliphatic rings. The van der Waals surface area contributed by atoms with Crippen LogP contribution in [0.5, 0.6) is 0 Å². The standard InChI is InChI=1S/C20H17Cl2N3O4/c21-16-10-18(25(27)28)17(22)9-15(16)19-7-6-14(29-19)8-12(11-23)20(26)24-13-4-2-1-3-5-13/h6-10,13H,1-5H2,(H,24,26)/b12-8-. The maximum absolute atomic E-state index is 12.4. The molecule has 0 spiro atoms. The molecule has 29 heavy (non-hydrogen) atoms. The number of carbonyl (C=O) groups is 1. The number of furan rings is 1. The summed E-state index contributed by atoms with van der Waals surface area (Å²) in [6, 6.07) is 7.63. The number of amides is 1. The molecule has 1 amide bonds. The number of nitriles is 1. The molecule has 0 atom stereocenters. The molecule has 0 aliphatic heterocycles. The number of nitro benzene ring substituents is 1. The van der Waals surface area contributed by atoms with Gasteiger partial charge in [0.25, 0.3) is 11.6 Å². The van der Waals surface area contributed by atoms with Crippen LogP contribution in [-0.2, 0) is 4.79 Å². The number of nitro groups is 1. The van der Waals surface area contributed by atoms with Gasteiger partial charge in [-0.25, -0.2) is 0 Å². The van der Waals surface area contributed by atoms with Crippen molar-refractivity contribution in [3.63, 3.8) is 0 Å². The van der Waals surface area contributed by atoms with Crippen molar-refractivity contribution >= 4 is 40.9 Å². The Balaban J connectivity index is 1.81. The summed E-state index contributed by atoms with van der Waals surface area (Å²) in [5.74, 6) is 0.151. The smallest absolute Gasteiger partial charge is 0.289 e. The van der Waals surface area contributed by atoms with E-state index in [0.717, 1.165) is 38.2 Å². The third-order valence-electron chi connectivity index (χ3n) is 4.72. The van der Waals surface area contributed by atoms with Crippen LogP contribution in [0.4, 0.5) is 5.69 Å². The first-order chi connectivity index (χ1) is 13.9.